The molecule has 0 fully saturated rings. The molecule has 0 aliphatic rings. The lowest BCUT2D eigenvalue weighted by Gasteiger charge is -2.11. The Morgan fingerprint density at radius 2 is 2.08 bits per heavy atom. The summed E-state index contributed by atoms with van der Waals surface area (Å²) >= 11 is 0. The fraction of sp³-hybridized carbons (Fsp3) is 0.158. The largest absolute Gasteiger partial charge is 0.493 e. The summed E-state index contributed by atoms with van der Waals surface area (Å²) in [4.78, 5) is 11.9. The zero-order valence-corrected chi connectivity index (χ0v) is 13.3. The number of ether oxygens (including phenoxy) is 3. The van der Waals surface area contributed by atoms with Crippen molar-refractivity contribution < 1.29 is 19.0 Å². The van der Waals surface area contributed by atoms with Crippen molar-refractivity contribution in [2.24, 2.45) is 0 Å². The standard InChI is InChI=1S/C19H17NO4/c1-3-5-14-8-9-17(18(11-14)22-2)23-13-19(21)24-16-7-4-6-15(10-16)12-20/h3-4,6-11H,1,5,13H2,2H3. The van der Waals surface area contributed by atoms with Gasteiger partial charge in [0.1, 0.15) is 5.75 Å². The summed E-state index contributed by atoms with van der Waals surface area (Å²) in [7, 11) is 1.53. The first-order valence-corrected chi connectivity index (χ1v) is 7.27. The molecule has 122 valence electrons. The van der Waals surface area contributed by atoms with Crippen molar-refractivity contribution in [2.75, 3.05) is 13.7 Å². The van der Waals surface area contributed by atoms with Gasteiger partial charge in [-0.1, -0.05) is 18.2 Å². The Balaban J connectivity index is 1.98. The summed E-state index contributed by atoms with van der Waals surface area (Å²) in [5.41, 5.74) is 1.45. The van der Waals surface area contributed by atoms with E-state index in [2.05, 4.69) is 6.58 Å². The van der Waals surface area contributed by atoms with Crippen molar-refractivity contribution in [3.05, 3.63) is 66.2 Å². The van der Waals surface area contributed by atoms with Crippen molar-refractivity contribution >= 4 is 5.97 Å². The number of esters is 1. The summed E-state index contributed by atoms with van der Waals surface area (Å²) in [5.74, 6) is 0.722. The maximum atomic E-state index is 11.9. The number of rotatable bonds is 7. The molecule has 5 nitrogen and oxygen atoms in total. The molecule has 0 aliphatic heterocycles. The second-order valence-corrected chi connectivity index (χ2v) is 4.88. The molecule has 0 aliphatic carbocycles. The molecule has 5 heteroatoms. The van der Waals surface area contributed by atoms with Crippen LogP contribution in [-0.2, 0) is 11.2 Å². The first kappa shape index (κ1) is 17.1. The van der Waals surface area contributed by atoms with Gasteiger partial charge in [0.05, 0.1) is 18.7 Å². The third-order valence-electron chi connectivity index (χ3n) is 3.15. The van der Waals surface area contributed by atoms with Crippen molar-refractivity contribution in [3.63, 3.8) is 0 Å². The molecule has 0 atom stereocenters. The summed E-state index contributed by atoms with van der Waals surface area (Å²) in [6.07, 6.45) is 2.51. The van der Waals surface area contributed by atoms with Crippen molar-refractivity contribution in [1.82, 2.24) is 0 Å². The van der Waals surface area contributed by atoms with Crippen LogP contribution in [0.3, 0.4) is 0 Å². The van der Waals surface area contributed by atoms with Crippen LogP contribution in [0.1, 0.15) is 11.1 Å². The summed E-state index contributed by atoms with van der Waals surface area (Å²) in [6, 6.07) is 13.8. The fourth-order valence-electron chi connectivity index (χ4n) is 2.05. The highest BCUT2D eigenvalue weighted by atomic mass is 16.6. The molecule has 0 N–H and O–H groups in total. The number of hydrogen-bond acceptors (Lipinski definition) is 5. The normalized spacial score (nSPS) is 9.67. The van der Waals surface area contributed by atoms with Gasteiger partial charge >= 0.3 is 5.97 Å². The second kappa shape index (κ2) is 8.39. The number of carbonyl (C=O) groups is 1. The van der Waals surface area contributed by atoms with Crippen molar-refractivity contribution in [2.45, 2.75) is 6.42 Å². The topological polar surface area (TPSA) is 68.5 Å². The Morgan fingerprint density at radius 1 is 1.25 bits per heavy atom. The van der Waals surface area contributed by atoms with Gasteiger partial charge in [-0.15, -0.1) is 6.58 Å². The number of nitrogens with zero attached hydrogens (tertiary/aromatic N) is 1. The van der Waals surface area contributed by atoms with Crippen LogP contribution in [-0.4, -0.2) is 19.7 Å². The average Bonchev–Trinajstić information content (AvgIpc) is 2.61. The number of hydrogen-bond donors (Lipinski definition) is 0. The van der Waals surface area contributed by atoms with Crippen LogP contribution in [0.2, 0.25) is 0 Å². The lowest BCUT2D eigenvalue weighted by molar-refractivity contribution is -0.136. The molecule has 0 radical (unpaired) electrons. The second-order valence-electron chi connectivity index (χ2n) is 4.88. The number of methoxy groups -OCH3 is 1. The highest BCUT2D eigenvalue weighted by molar-refractivity contribution is 5.74. The van der Waals surface area contributed by atoms with Gasteiger partial charge in [0, 0.05) is 0 Å². The highest BCUT2D eigenvalue weighted by Crippen LogP contribution is 2.28. The number of allylic oxidation sites excluding steroid dienone is 1. The van der Waals surface area contributed by atoms with E-state index in [9.17, 15) is 4.79 Å². The van der Waals surface area contributed by atoms with Crippen molar-refractivity contribution in [3.8, 4) is 23.3 Å². The van der Waals surface area contributed by atoms with E-state index >= 15 is 0 Å². The lowest BCUT2D eigenvalue weighted by Crippen LogP contribution is -2.18. The molecule has 2 aromatic carbocycles. The molecule has 0 saturated carbocycles. The van der Waals surface area contributed by atoms with Crippen LogP contribution in [0.5, 0.6) is 17.2 Å². The third kappa shape index (κ3) is 4.62. The average molecular weight is 323 g/mol. The van der Waals surface area contributed by atoms with E-state index < -0.39 is 5.97 Å². The molecule has 0 heterocycles. The Hall–Kier alpha value is -3.26. The Morgan fingerprint density at radius 3 is 2.79 bits per heavy atom. The monoisotopic (exact) mass is 323 g/mol. The first-order valence-electron chi connectivity index (χ1n) is 7.27. The van der Waals surface area contributed by atoms with E-state index in [1.54, 1.807) is 30.3 Å². The molecule has 0 aromatic heterocycles. The van der Waals surface area contributed by atoms with E-state index in [0.717, 1.165) is 5.56 Å². The molecule has 2 aromatic rings. The summed E-state index contributed by atoms with van der Waals surface area (Å²) in [6.45, 7) is 3.42. The molecule has 24 heavy (non-hydrogen) atoms. The lowest BCUT2D eigenvalue weighted by atomic mass is 10.1. The highest BCUT2D eigenvalue weighted by Gasteiger charge is 2.10. The Bertz CT molecular complexity index is 777. The SMILES string of the molecule is C=CCc1ccc(OCC(=O)Oc2cccc(C#N)c2)c(OC)c1. The zero-order chi connectivity index (χ0) is 17.4. The first-order chi connectivity index (χ1) is 11.7. The number of benzene rings is 2. The van der Waals surface area contributed by atoms with E-state index in [1.165, 1.54) is 13.2 Å². The number of carbonyl (C=O) groups excluding carboxylic acids is 1. The van der Waals surface area contributed by atoms with Crippen LogP contribution in [0.25, 0.3) is 0 Å². The van der Waals surface area contributed by atoms with Crippen LogP contribution in [0.15, 0.2) is 55.1 Å². The minimum absolute atomic E-state index is 0.270. The van der Waals surface area contributed by atoms with Gasteiger partial charge in [-0.2, -0.15) is 5.26 Å². The smallest absolute Gasteiger partial charge is 0.349 e. The van der Waals surface area contributed by atoms with Gasteiger partial charge in [-0.25, -0.2) is 4.79 Å². The molecule has 0 spiro atoms. The fourth-order valence-corrected chi connectivity index (χ4v) is 2.05. The van der Waals surface area contributed by atoms with Gasteiger partial charge < -0.3 is 14.2 Å². The predicted molar refractivity (Wildman–Crippen MR) is 89.2 cm³/mol. The molecular formula is C19H17NO4. The minimum atomic E-state index is -0.567. The van der Waals surface area contributed by atoms with Crippen LogP contribution >= 0.6 is 0 Å². The Labute approximate surface area is 140 Å². The van der Waals surface area contributed by atoms with E-state index in [0.29, 0.717) is 29.2 Å². The Kier molecular flexibility index (Phi) is 5.98. The molecule has 0 amide bonds. The van der Waals surface area contributed by atoms with Crippen LogP contribution < -0.4 is 14.2 Å². The van der Waals surface area contributed by atoms with E-state index in [1.807, 2.05) is 18.2 Å². The van der Waals surface area contributed by atoms with Crippen LogP contribution in [0, 0.1) is 11.3 Å². The van der Waals surface area contributed by atoms with Gasteiger partial charge in [0.15, 0.2) is 18.1 Å². The maximum absolute atomic E-state index is 11.9. The summed E-state index contributed by atoms with van der Waals surface area (Å²) in [5, 5.41) is 8.83. The maximum Gasteiger partial charge on any atom is 0.349 e. The van der Waals surface area contributed by atoms with Gasteiger partial charge in [-0.05, 0) is 42.3 Å². The van der Waals surface area contributed by atoms with Crippen molar-refractivity contribution in [1.29, 1.82) is 5.26 Å². The third-order valence-corrected chi connectivity index (χ3v) is 3.15. The van der Waals surface area contributed by atoms with Gasteiger partial charge in [0.25, 0.3) is 0 Å². The zero-order valence-electron chi connectivity index (χ0n) is 13.3. The van der Waals surface area contributed by atoms with Gasteiger partial charge in [-0.3, -0.25) is 0 Å². The molecule has 0 bridgehead atoms. The molecule has 0 saturated heterocycles. The quantitative estimate of drug-likeness (QED) is 0.444. The number of nitriles is 1. The van der Waals surface area contributed by atoms with Gasteiger partial charge in [0.2, 0.25) is 0 Å². The molecular weight excluding hydrogens is 306 g/mol. The molecule has 0 unspecified atom stereocenters. The summed E-state index contributed by atoms with van der Waals surface area (Å²) < 4.78 is 15.9. The van der Waals surface area contributed by atoms with Crippen LogP contribution in [0.4, 0.5) is 0 Å². The van der Waals surface area contributed by atoms with E-state index in [-0.39, 0.29) is 6.61 Å². The minimum Gasteiger partial charge on any atom is -0.493 e. The van der Waals surface area contributed by atoms with E-state index in [4.69, 9.17) is 19.5 Å². The molecule has 2 rings (SSSR count). The predicted octanol–water partition coefficient (Wildman–Crippen LogP) is 3.28.